The van der Waals surface area contributed by atoms with Crippen molar-refractivity contribution in [2.45, 2.75) is 65.5 Å². The van der Waals surface area contributed by atoms with Gasteiger partial charge in [-0.15, -0.1) is 0 Å². The van der Waals surface area contributed by atoms with E-state index in [0.29, 0.717) is 29.9 Å². The monoisotopic (exact) mass is 504 g/mol. The maximum atomic E-state index is 13.8. The van der Waals surface area contributed by atoms with Gasteiger partial charge in [0.25, 0.3) is 5.91 Å². The van der Waals surface area contributed by atoms with Crippen molar-refractivity contribution in [1.29, 1.82) is 0 Å². The molecule has 1 unspecified atom stereocenters. The van der Waals surface area contributed by atoms with Crippen molar-refractivity contribution in [2.24, 2.45) is 5.92 Å². The molecule has 0 saturated heterocycles. The second kappa shape index (κ2) is 14.8. The standard InChI is InChI=1S/C32H39NO4/c1-4-5-20-36-31(34)19-18-26-17-16-25(23-37-28-14-10-7-11-15-28)22-29(26)32(35)33-30(21-24(2)3)27-12-8-6-9-13-27/h6-17,22,24,30H,4-5,18-21,23H2,1-3H3,(H,33,35)/i23D2,30D. The van der Waals surface area contributed by atoms with Gasteiger partial charge in [0.05, 0.1) is 16.7 Å². The van der Waals surface area contributed by atoms with Crippen molar-refractivity contribution >= 4 is 11.9 Å². The highest BCUT2D eigenvalue weighted by molar-refractivity contribution is 5.96. The summed E-state index contributed by atoms with van der Waals surface area (Å²) in [6.07, 6.45) is 2.38. The molecule has 0 aliphatic carbocycles. The summed E-state index contributed by atoms with van der Waals surface area (Å²) >= 11 is 0. The minimum Gasteiger partial charge on any atom is -0.489 e. The van der Waals surface area contributed by atoms with E-state index in [-0.39, 0.29) is 35.9 Å². The summed E-state index contributed by atoms with van der Waals surface area (Å²) < 4.78 is 37.3. The molecule has 0 spiro atoms. The SMILES string of the molecule is [2H]C(CC(C)C)(NC(=O)c1cc(C([2H])([2H])Oc2ccccc2)ccc1CCC(=O)OCCCC)c1ccccc1. The summed E-state index contributed by atoms with van der Waals surface area (Å²) in [4.78, 5) is 26.1. The van der Waals surface area contributed by atoms with Gasteiger partial charge < -0.3 is 14.8 Å². The zero-order valence-corrected chi connectivity index (χ0v) is 22.0. The van der Waals surface area contributed by atoms with Crippen molar-refractivity contribution in [3.05, 3.63) is 101 Å². The third-order valence-electron chi connectivity index (χ3n) is 5.74. The first kappa shape index (κ1) is 23.8. The predicted octanol–water partition coefficient (Wildman–Crippen LogP) is 7.06. The number of nitrogens with one attached hydrogen (secondary N) is 1. The molecule has 0 bridgehead atoms. The quantitative estimate of drug-likeness (QED) is 0.189. The Labute approximate surface area is 225 Å². The molecule has 0 heterocycles. The molecule has 37 heavy (non-hydrogen) atoms. The summed E-state index contributed by atoms with van der Waals surface area (Å²) in [5.41, 5.74) is 1.55. The Morgan fingerprint density at radius 2 is 1.70 bits per heavy atom. The van der Waals surface area contributed by atoms with Gasteiger partial charge in [-0.05, 0) is 60.1 Å². The van der Waals surface area contributed by atoms with Gasteiger partial charge in [-0.25, -0.2) is 0 Å². The lowest BCUT2D eigenvalue weighted by Gasteiger charge is -2.22. The van der Waals surface area contributed by atoms with Crippen LogP contribution >= 0.6 is 0 Å². The summed E-state index contributed by atoms with van der Waals surface area (Å²) in [6, 6.07) is 21.0. The average molecular weight is 505 g/mol. The van der Waals surface area contributed by atoms with Crippen molar-refractivity contribution in [2.75, 3.05) is 6.61 Å². The summed E-state index contributed by atoms with van der Waals surface area (Å²) in [5, 5.41) is 2.90. The number of hydrogen-bond acceptors (Lipinski definition) is 4. The van der Waals surface area contributed by atoms with E-state index in [1.165, 1.54) is 6.07 Å². The highest BCUT2D eigenvalue weighted by Crippen LogP contribution is 2.23. The molecule has 0 aliphatic heterocycles. The smallest absolute Gasteiger partial charge is 0.306 e. The van der Waals surface area contributed by atoms with E-state index >= 15 is 0 Å². The molecular formula is C32H39NO4. The normalized spacial score (nSPS) is 14.1. The Morgan fingerprint density at radius 1 is 1.00 bits per heavy atom. The molecule has 1 N–H and O–H groups in total. The molecule has 0 fully saturated rings. The minimum atomic E-state index is -2.23. The van der Waals surface area contributed by atoms with Crippen LogP contribution < -0.4 is 10.1 Å². The Morgan fingerprint density at radius 3 is 2.38 bits per heavy atom. The van der Waals surface area contributed by atoms with Crippen LogP contribution in [0.1, 0.15) is 83.6 Å². The molecular weight excluding hydrogens is 462 g/mol. The highest BCUT2D eigenvalue weighted by atomic mass is 16.5. The Hall–Kier alpha value is -3.60. The number of carbonyl (C=O) groups is 2. The van der Waals surface area contributed by atoms with Crippen LogP contribution in [0.4, 0.5) is 0 Å². The Bertz CT molecular complexity index is 1250. The first-order valence-electron chi connectivity index (χ1n) is 14.4. The molecule has 0 aliphatic rings. The third kappa shape index (κ3) is 9.41. The molecule has 1 atom stereocenters. The lowest BCUT2D eigenvalue weighted by Crippen LogP contribution is -2.30. The average Bonchev–Trinajstić information content (AvgIpc) is 2.92. The molecule has 5 heteroatoms. The number of unbranched alkanes of at least 4 members (excludes halogenated alkanes) is 1. The fourth-order valence-electron chi connectivity index (χ4n) is 3.81. The number of hydrogen-bond donors (Lipinski definition) is 1. The van der Waals surface area contributed by atoms with Gasteiger partial charge in [-0.2, -0.15) is 0 Å². The van der Waals surface area contributed by atoms with Crippen molar-refractivity contribution in [3.63, 3.8) is 0 Å². The van der Waals surface area contributed by atoms with E-state index in [1.807, 2.05) is 57.2 Å². The van der Waals surface area contributed by atoms with Crippen LogP contribution in [0.3, 0.4) is 0 Å². The lowest BCUT2D eigenvalue weighted by atomic mass is 9.95. The number of para-hydroxylation sites is 1. The number of rotatable bonds is 14. The van der Waals surface area contributed by atoms with Crippen LogP contribution in [0.2, 0.25) is 0 Å². The third-order valence-corrected chi connectivity index (χ3v) is 5.74. The first-order valence-corrected chi connectivity index (χ1v) is 12.9. The van der Waals surface area contributed by atoms with Crippen LogP contribution in [-0.4, -0.2) is 18.5 Å². The number of benzene rings is 3. The summed E-state index contributed by atoms with van der Waals surface area (Å²) in [5.74, 6) is -0.407. The maximum Gasteiger partial charge on any atom is 0.306 e. The van der Waals surface area contributed by atoms with E-state index in [4.69, 9.17) is 12.2 Å². The van der Waals surface area contributed by atoms with E-state index in [1.54, 1.807) is 36.4 Å². The van der Waals surface area contributed by atoms with Gasteiger partial charge in [-0.1, -0.05) is 87.9 Å². The van der Waals surface area contributed by atoms with E-state index in [9.17, 15) is 11.0 Å². The van der Waals surface area contributed by atoms with Crippen LogP contribution in [0.5, 0.6) is 5.75 Å². The highest BCUT2D eigenvalue weighted by Gasteiger charge is 2.20. The van der Waals surface area contributed by atoms with Crippen LogP contribution in [0.15, 0.2) is 78.9 Å². The van der Waals surface area contributed by atoms with E-state index < -0.39 is 18.5 Å². The minimum absolute atomic E-state index is 0.0768. The fraction of sp³-hybridized carbons (Fsp3) is 0.375. The zero-order valence-electron chi connectivity index (χ0n) is 25.0. The number of esters is 1. The lowest BCUT2D eigenvalue weighted by molar-refractivity contribution is -0.143. The molecule has 3 aromatic carbocycles. The van der Waals surface area contributed by atoms with Crippen LogP contribution in [0, 0.1) is 5.92 Å². The Balaban J connectivity index is 1.95. The molecule has 3 rings (SSSR count). The van der Waals surface area contributed by atoms with Crippen molar-refractivity contribution in [1.82, 2.24) is 5.32 Å². The number of carbonyl (C=O) groups excluding carboxylic acids is 2. The summed E-state index contributed by atoms with van der Waals surface area (Å²) in [7, 11) is 0. The molecule has 0 radical (unpaired) electrons. The molecule has 3 aromatic rings. The number of aryl methyl sites for hydroxylation is 1. The van der Waals surface area contributed by atoms with Gasteiger partial charge in [0.2, 0.25) is 0 Å². The predicted molar refractivity (Wildman–Crippen MR) is 148 cm³/mol. The van der Waals surface area contributed by atoms with Gasteiger partial charge in [0.15, 0.2) is 0 Å². The number of ether oxygens (including phenoxy) is 2. The largest absolute Gasteiger partial charge is 0.489 e. The summed E-state index contributed by atoms with van der Waals surface area (Å²) in [6.45, 7) is 4.12. The van der Waals surface area contributed by atoms with E-state index in [2.05, 4.69) is 5.32 Å². The second-order valence-corrected chi connectivity index (χ2v) is 9.36. The molecule has 0 saturated carbocycles. The first-order chi connectivity index (χ1) is 19.0. The topological polar surface area (TPSA) is 64.6 Å². The van der Waals surface area contributed by atoms with Crippen molar-refractivity contribution < 1.29 is 23.2 Å². The molecule has 1 amide bonds. The maximum absolute atomic E-state index is 13.8. The van der Waals surface area contributed by atoms with E-state index in [0.717, 1.165) is 12.8 Å². The van der Waals surface area contributed by atoms with Gasteiger partial charge >= 0.3 is 5.97 Å². The number of amides is 1. The van der Waals surface area contributed by atoms with Gasteiger partial charge in [0.1, 0.15) is 12.3 Å². The molecule has 196 valence electrons. The fourth-order valence-corrected chi connectivity index (χ4v) is 3.81. The Kier molecular flexibility index (Phi) is 9.54. The second-order valence-electron chi connectivity index (χ2n) is 9.36. The van der Waals surface area contributed by atoms with Crippen molar-refractivity contribution in [3.8, 4) is 5.75 Å². The molecule has 5 nitrogen and oxygen atoms in total. The van der Waals surface area contributed by atoms with Gasteiger partial charge in [0, 0.05) is 12.0 Å². The zero-order chi connectivity index (χ0) is 29.2. The van der Waals surface area contributed by atoms with Gasteiger partial charge in [-0.3, -0.25) is 9.59 Å². The van der Waals surface area contributed by atoms with Crippen LogP contribution in [-0.2, 0) is 22.5 Å². The molecule has 0 aromatic heterocycles. The van der Waals surface area contributed by atoms with Crippen LogP contribution in [0.25, 0.3) is 0 Å².